The van der Waals surface area contributed by atoms with Crippen molar-refractivity contribution < 1.29 is 22.9 Å². The number of nitro benzene ring substituents is 1. The molecule has 0 spiro atoms. The largest absolute Gasteiger partial charge is 0.484 e. The number of nitrogens with zero attached hydrogens (tertiary/aromatic N) is 2. The monoisotopic (exact) mass is 472 g/mol. The van der Waals surface area contributed by atoms with Gasteiger partial charge in [-0.15, -0.1) is 0 Å². The van der Waals surface area contributed by atoms with E-state index < -0.39 is 26.7 Å². The minimum Gasteiger partial charge on any atom is -0.484 e. The number of amides is 1. The molecule has 3 rings (SSSR count). The van der Waals surface area contributed by atoms with Gasteiger partial charge in [0, 0.05) is 34.8 Å². The summed E-state index contributed by atoms with van der Waals surface area (Å²) in [6.45, 7) is -0.238. The van der Waals surface area contributed by atoms with Crippen LogP contribution in [0.3, 0.4) is 0 Å². The van der Waals surface area contributed by atoms with Gasteiger partial charge in [0.15, 0.2) is 16.4 Å². The summed E-state index contributed by atoms with van der Waals surface area (Å²) < 4.78 is 29.3. The third kappa shape index (κ3) is 5.62. The smallest absolute Gasteiger partial charge is 0.269 e. The molecule has 0 radical (unpaired) electrons. The standard InChI is InChI=1S/C19H18Cl2N2O6S/c20-14-2-1-13(18(21)9-14)10-22(16-7-8-30(27,28)12-16)19(24)11-29-17-5-3-15(4-6-17)23(25)26/h1-6,9,16H,7-8,10-12H2. The van der Waals surface area contributed by atoms with Gasteiger partial charge in [0.05, 0.1) is 16.4 Å². The molecule has 1 saturated heterocycles. The molecule has 1 unspecified atom stereocenters. The summed E-state index contributed by atoms with van der Waals surface area (Å²) in [5, 5.41) is 11.5. The normalized spacial score (nSPS) is 17.5. The Labute approximate surface area is 183 Å². The summed E-state index contributed by atoms with van der Waals surface area (Å²) in [7, 11) is -3.22. The van der Waals surface area contributed by atoms with Crippen molar-refractivity contribution in [1.82, 2.24) is 4.90 Å². The number of hydrogen-bond acceptors (Lipinski definition) is 6. The van der Waals surface area contributed by atoms with Crippen LogP contribution < -0.4 is 4.74 Å². The number of hydrogen-bond donors (Lipinski definition) is 0. The Hall–Kier alpha value is -2.36. The molecule has 0 N–H and O–H groups in total. The molecule has 0 bridgehead atoms. The Bertz CT molecular complexity index is 1060. The van der Waals surface area contributed by atoms with Gasteiger partial charge in [-0.25, -0.2) is 8.42 Å². The van der Waals surface area contributed by atoms with Crippen LogP contribution in [-0.2, 0) is 21.2 Å². The van der Waals surface area contributed by atoms with E-state index in [1.54, 1.807) is 18.2 Å². The second kappa shape index (κ2) is 9.20. The van der Waals surface area contributed by atoms with Crippen LogP contribution in [0.1, 0.15) is 12.0 Å². The second-order valence-electron chi connectivity index (χ2n) is 6.85. The zero-order chi connectivity index (χ0) is 21.9. The summed E-state index contributed by atoms with van der Waals surface area (Å²) in [6, 6.07) is 9.73. The fourth-order valence-electron chi connectivity index (χ4n) is 3.17. The van der Waals surface area contributed by atoms with Crippen LogP contribution in [0.15, 0.2) is 42.5 Å². The van der Waals surface area contributed by atoms with Gasteiger partial charge in [-0.05, 0) is 36.2 Å². The van der Waals surface area contributed by atoms with Crippen molar-refractivity contribution in [2.24, 2.45) is 0 Å². The molecule has 1 aliphatic heterocycles. The van der Waals surface area contributed by atoms with E-state index in [-0.39, 0.29) is 36.1 Å². The first-order valence-corrected chi connectivity index (χ1v) is 11.5. The Morgan fingerprint density at radius 2 is 1.90 bits per heavy atom. The molecular formula is C19H18Cl2N2O6S. The highest BCUT2D eigenvalue weighted by atomic mass is 35.5. The third-order valence-corrected chi connectivity index (χ3v) is 7.07. The predicted molar refractivity (Wildman–Crippen MR) is 113 cm³/mol. The molecule has 160 valence electrons. The van der Waals surface area contributed by atoms with Crippen LogP contribution >= 0.6 is 23.2 Å². The Balaban J connectivity index is 1.75. The number of ether oxygens (including phenoxy) is 1. The van der Waals surface area contributed by atoms with E-state index in [0.29, 0.717) is 22.0 Å². The SMILES string of the molecule is O=C(COc1ccc([N+](=O)[O-])cc1)N(Cc1ccc(Cl)cc1Cl)C1CCS(=O)(=O)C1. The van der Waals surface area contributed by atoms with Crippen LogP contribution in [-0.4, -0.2) is 48.3 Å². The van der Waals surface area contributed by atoms with E-state index in [0.717, 1.165) is 0 Å². The van der Waals surface area contributed by atoms with Gasteiger partial charge in [0.1, 0.15) is 5.75 Å². The van der Waals surface area contributed by atoms with E-state index in [4.69, 9.17) is 27.9 Å². The molecule has 1 aliphatic rings. The Kier molecular flexibility index (Phi) is 6.84. The molecule has 2 aromatic carbocycles. The zero-order valence-electron chi connectivity index (χ0n) is 15.7. The molecule has 0 saturated carbocycles. The second-order valence-corrected chi connectivity index (χ2v) is 9.93. The van der Waals surface area contributed by atoms with E-state index >= 15 is 0 Å². The van der Waals surface area contributed by atoms with Crippen LogP contribution in [0.2, 0.25) is 10.0 Å². The first-order chi connectivity index (χ1) is 14.1. The minimum absolute atomic E-state index is 0.0129. The molecule has 11 heteroatoms. The lowest BCUT2D eigenvalue weighted by Crippen LogP contribution is -2.43. The molecule has 1 fully saturated rings. The van der Waals surface area contributed by atoms with Crippen molar-refractivity contribution >= 4 is 44.6 Å². The number of carbonyl (C=O) groups is 1. The molecule has 1 heterocycles. The lowest BCUT2D eigenvalue weighted by molar-refractivity contribution is -0.384. The molecule has 30 heavy (non-hydrogen) atoms. The van der Waals surface area contributed by atoms with Gasteiger partial charge in [0.2, 0.25) is 0 Å². The number of sulfone groups is 1. The first-order valence-electron chi connectivity index (χ1n) is 8.96. The Morgan fingerprint density at radius 3 is 2.47 bits per heavy atom. The number of benzene rings is 2. The minimum atomic E-state index is -3.22. The van der Waals surface area contributed by atoms with Gasteiger partial charge in [-0.3, -0.25) is 14.9 Å². The molecule has 0 aromatic heterocycles. The van der Waals surface area contributed by atoms with Gasteiger partial charge in [-0.1, -0.05) is 29.3 Å². The lowest BCUT2D eigenvalue weighted by Gasteiger charge is -2.29. The maximum atomic E-state index is 12.9. The fourth-order valence-corrected chi connectivity index (χ4v) is 5.37. The summed E-state index contributed by atoms with van der Waals surface area (Å²) in [5.41, 5.74) is 0.540. The van der Waals surface area contributed by atoms with E-state index in [9.17, 15) is 23.3 Å². The highest BCUT2D eigenvalue weighted by Crippen LogP contribution is 2.26. The van der Waals surface area contributed by atoms with Crippen LogP contribution in [0.5, 0.6) is 5.75 Å². The number of carbonyl (C=O) groups excluding carboxylic acids is 1. The molecule has 8 nitrogen and oxygen atoms in total. The first kappa shape index (κ1) is 22.3. The van der Waals surface area contributed by atoms with E-state index in [1.807, 2.05) is 0 Å². The highest BCUT2D eigenvalue weighted by molar-refractivity contribution is 7.91. The Morgan fingerprint density at radius 1 is 1.20 bits per heavy atom. The van der Waals surface area contributed by atoms with Crippen LogP contribution in [0.4, 0.5) is 5.69 Å². The number of rotatable bonds is 7. The molecule has 1 atom stereocenters. The topological polar surface area (TPSA) is 107 Å². The van der Waals surface area contributed by atoms with Crippen molar-refractivity contribution in [2.75, 3.05) is 18.1 Å². The molecular weight excluding hydrogens is 455 g/mol. The quantitative estimate of drug-likeness (QED) is 0.450. The van der Waals surface area contributed by atoms with Crippen LogP contribution in [0, 0.1) is 10.1 Å². The summed E-state index contributed by atoms with van der Waals surface area (Å²) in [5.74, 6) is -0.237. The molecule has 2 aromatic rings. The van der Waals surface area contributed by atoms with Crippen molar-refractivity contribution in [3.63, 3.8) is 0 Å². The van der Waals surface area contributed by atoms with Crippen molar-refractivity contribution in [2.45, 2.75) is 19.0 Å². The number of non-ortho nitro benzene ring substituents is 1. The van der Waals surface area contributed by atoms with Crippen molar-refractivity contribution in [1.29, 1.82) is 0 Å². The summed E-state index contributed by atoms with van der Waals surface area (Å²) >= 11 is 12.1. The third-order valence-electron chi connectivity index (χ3n) is 4.74. The molecule has 0 aliphatic carbocycles. The number of nitro groups is 1. The predicted octanol–water partition coefficient (Wildman–Crippen LogP) is 3.50. The van der Waals surface area contributed by atoms with E-state index in [2.05, 4.69) is 0 Å². The summed E-state index contributed by atoms with van der Waals surface area (Å²) in [4.78, 5) is 24.5. The summed E-state index contributed by atoms with van der Waals surface area (Å²) in [6.07, 6.45) is 0.330. The number of halogens is 2. The van der Waals surface area contributed by atoms with E-state index in [1.165, 1.54) is 29.2 Å². The lowest BCUT2D eigenvalue weighted by atomic mass is 10.1. The maximum Gasteiger partial charge on any atom is 0.269 e. The highest BCUT2D eigenvalue weighted by Gasteiger charge is 2.35. The van der Waals surface area contributed by atoms with Gasteiger partial charge in [-0.2, -0.15) is 0 Å². The van der Waals surface area contributed by atoms with Crippen molar-refractivity contribution in [3.05, 3.63) is 68.2 Å². The van der Waals surface area contributed by atoms with Crippen LogP contribution in [0.25, 0.3) is 0 Å². The van der Waals surface area contributed by atoms with Gasteiger partial charge < -0.3 is 9.64 Å². The average Bonchev–Trinajstić information content (AvgIpc) is 3.05. The maximum absolute atomic E-state index is 12.9. The van der Waals surface area contributed by atoms with Gasteiger partial charge >= 0.3 is 0 Å². The van der Waals surface area contributed by atoms with Crippen molar-refractivity contribution in [3.8, 4) is 5.75 Å². The van der Waals surface area contributed by atoms with Gasteiger partial charge in [0.25, 0.3) is 11.6 Å². The fraction of sp³-hybridized carbons (Fsp3) is 0.316. The molecule has 1 amide bonds. The average molecular weight is 473 g/mol. The zero-order valence-corrected chi connectivity index (χ0v) is 18.0.